The average molecular weight is 238 g/mol. The van der Waals surface area contributed by atoms with Crippen molar-refractivity contribution in [3.63, 3.8) is 0 Å². The van der Waals surface area contributed by atoms with Crippen LogP contribution in [0.5, 0.6) is 0 Å². The van der Waals surface area contributed by atoms with Gasteiger partial charge in [0.25, 0.3) is 0 Å². The molecule has 2 heteroatoms. The number of pyridine rings is 1. The van der Waals surface area contributed by atoms with E-state index < -0.39 is 0 Å². The summed E-state index contributed by atoms with van der Waals surface area (Å²) >= 11 is 0. The Morgan fingerprint density at radius 1 is 1.28 bits per heavy atom. The van der Waals surface area contributed by atoms with E-state index in [-0.39, 0.29) is 0 Å². The van der Waals surface area contributed by atoms with Gasteiger partial charge in [-0.15, -0.1) is 0 Å². The Labute approximate surface area is 108 Å². The minimum absolute atomic E-state index is 0.367. The summed E-state index contributed by atoms with van der Waals surface area (Å²) in [4.78, 5) is 4.16. The van der Waals surface area contributed by atoms with Crippen LogP contribution in [0.1, 0.15) is 35.6 Å². The predicted octanol–water partition coefficient (Wildman–Crippen LogP) is 3.07. The highest BCUT2D eigenvalue weighted by atomic mass is 14.9. The maximum absolute atomic E-state index is 4.16. The molecule has 0 bridgehead atoms. The van der Waals surface area contributed by atoms with Gasteiger partial charge in [0.05, 0.1) is 0 Å². The Balaban J connectivity index is 1.58. The quantitative estimate of drug-likeness (QED) is 0.885. The molecule has 0 fully saturated rings. The van der Waals surface area contributed by atoms with Crippen molar-refractivity contribution in [2.45, 2.75) is 25.3 Å². The molecular formula is C16H18N2. The molecule has 1 aromatic carbocycles. The van der Waals surface area contributed by atoms with Crippen molar-refractivity contribution in [3.8, 4) is 0 Å². The molecule has 2 nitrogen and oxygen atoms in total. The summed E-state index contributed by atoms with van der Waals surface area (Å²) in [5.74, 6) is 0.681. The lowest BCUT2D eigenvalue weighted by Gasteiger charge is -2.31. The van der Waals surface area contributed by atoms with Gasteiger partial charge in [-0.2, -0.15) is 0 Å². The summed E-state index contributed by atoms with van der Waals surface area (Å²) in [5.41, 5.74) is 4.28. The highest BCUT2D eigenvalue weighted by Gasteiger charge is 2.25. The zero-order valence-corrected chi connectivity index (χ0v) is 10.6. The van der Waals surface area contributed by atoms with Gasteiger partial charge in [0.15, 0.2) is 0 Å². The summed E-state index contributed by atoms with van der Waals surface area (Å²) < 4.78 is 0. The number of fused-ring (bicyclic) bond motifs is 1. The fourth-order valence-corrected chi connectivity index (χ4v) is 2.61. The van der Waals surface area contributed by atoms with Crippen molar-refractivity contribution in [3.05, 3.63) is 65.5 Å². The fraction of sp³-hybridized carbons (Fsp3) is 0.312. The largest absolute Gasteiger partial charge is 0.310 e. The summed E-state index contributed by atoms with van der Waals surface area (Å²) in [6, 6.07) is 13.2. The zero-order valence-electron chi connectivity index (χ0n) is 10.6. The van der Waals surface area contributed by atoms with Crippen molar-refractivity contribution in [1.29, 1.82) is 0 Å². The molecule has 1 N–H and O–H groups in total. The van der Waals surface area contributed by atoms with Crippen LogP contribution >= 0.6 is 0 Å². The Morgan fingerprint density at radius 3 is 2.94 bits per heavy atom. The van der Waals surface area contributed by atoms with Gasteiger partial charge in [-0.05, 0) is 36.1 Å². The smallest absolute Gasteiger partial charge is 0.0315 e. The summed E-state index contributed by atoms with van der Waals surface area (Å²) in [6.45, 7) is 3.24. The highest BCUT2D eigenvalue weighted by molar-refractivity contribution is 5.40. The molecule has 1 aliphatic rings. The summed E-state index contributed by atoms with van der Waals surface area (Å²) in [7, 11) is 0. The van der Waals surface area contributed by atoms with E-state index in [0.29, 0.717) is 12.0 Å². The van der Waals surface area contributed by atoms with E-state index in [2.05, 4.69) is 47.6 Å². The molecule has 0 saturated carbocycles. The Bertz CT molecular complexity index is 520. The molecule has 1 aromatic heterocycles. The first-order valence-corrected chi connectivity index (χ1v) is 6.55. The number of rotatable bonds is 4. The molecule has 92 valence electrons. The molecular weight excluding hydrogens is 220 g/mol. The van der Waals surface area contributed by atoms with Crippen LogP contribution in [-0.4, -0.2) is 11.5 Å². The van der Waals surface area contributed by atoms with Gasteiger partial charge in [-0.25, -0.2) is 0 Å². The normalized spacial score (nSPS) is 18.8. The molecule has 0 amide bonds. The van der Waals surface area contributed by atoms with Gasteiger partial charge in [0.1, 0.15) is 0 Å². The first-order valence-electron chi connectivity index (χ1n) is 6.55. The lowest BCUT2D eigenvalue weighted by Crippen LogP contribution is -2.30. The van der Waals surface area contributed by atoms with Crippen molar-refractivity contribution in [1.82, 2.24) is 10.3 Å². The summed E-state index contributed by atoms with van der Waals surface area (Å²) in [5, 5.41) is 3.60. The van der Waals surface area contributed by atoms with Crippen LogP contribution in [0.2, 0.25) is 0 Å². The van der Waals surface area contributed by atoms with Gasteiger partial charge in [0.2, 0.25) is 0 Å². The zero-order chi connectivity index (χ0) is 12.4. The minimum atomic E-state index is 0.367. The van der Waals surface area contributed by atoms with E-state index in [9.17, 15) is 0 Å². The molecule has 0 aliphatic heterocycles. The third-order valence-corrected chi connectivity index (χ3v) is 3.82. The minimum Gasteiger partial charge on any atom is -0.310 e. The van der Waals surface area contributed by atoms with E-state index in [1.807, 2.05) is 18.5 Å². The topological polar surface area (TPSA) is 24.9 Å². The van der Waals surface area contributed by atoms with E-state index in [1.54, 1.807) is 0 Å². The molecule has 0 spiro atoms. The Morgan fingerprint density at radius 2 is 2.17 bits per heavy atom. The van der Waals surface area contributed by atoms with Gasteiger partial charge in [-0.3, -0.25) is 4.98 Å². The van der Waals surface area contributed by atoms with Crippen LogP contribution in [0, 0.1) is 0 Å². The van der Waals surface area contributed by atoms with Crippen LogP contribution in [0.4, 0.5) is 0 Å². The van der Waals surface area contributed by atoms with Gasteiger partial charge in [0, 0.05) is 30.9 Å². The van der Waals surface area contributed by atoms with E-state index in [1.165, 1.54) is 23.1 Å². The number of nitrogens with zero attached hydrogens (tertiary/aromatic N) is 1. The molecule has 2 aromatic rings. The SMILES string of the molecule is C[C@H](NCC1Cc2ccccc21)c1cccnc1. The van der Waals surface area contributed by atoms with Crippen LogP contribution in [0.15, 0.2) is 48.8 Å². The monoisotopic (exact) mass is 238 g/mol. The maximum atomic E-state index is 4.16. The van der Waals surface area contributed by atoms with E-state index in [4.69, 9.17) is 0 Å². The Kier molecular flexibility index (Phi) is 3.11. The molecule has 2 atom stereocenters. The van der Waals surface area contributed by atoms with Crippen LogP contribution in [-0.2, 0) is 6.42 Å². The Hall–Kier alpha value is -1.67. The molecule has 1 aliphatic carbocycles. The van der Waals surface area contributed by atoms with Crippen LogP contribution in [0.25, 0.3) is 0 Å². The predicted molar refractivity (Wildman–Crippen MR) is 73.5 cm³/mol. The highest BCUT2D eigenvalue weighted by Crippen LogP contribution is 2.34. The second kappa shape index (κ2) is 4.91. The third-order valence-electron chi connectivity index (χ3n) is 3.82. The third kappa shape index (κ3) is 2.16. The second-order valence-corrected chi connectivity index (χ2v) is 5.02. The van der Waals surface area contributed by atoms with Gasteiger partial charge in [-0.1, -0.05) is 30.3 Å². The van der Waals surface area contributed by atoms with Crippen LogP contribution < -0.4 is 5.32 Å². The molecule has 1 unspecified atom stereocenters. The van der Waals surface area contributed by atoms with E-state index in [0.717, 1.165) is 6.54 Å². The first kappa shape index (κ1) is 11.4. The molecule has 0 radical (unpaired) electrons. The molecule has 1 heterocycles. The maximum Gasteiger partial charge on any atom is 0.0315 e. The molecule has 0 saturated heterocycles. The fourth-order valence-electron chi connectivity index (χ4n) is 2.61. The first-order chi connectivity index (χ1) is 8.84. The van der Waals surface area contributed by atoms with E-state index >= 15 is 0 Å². The summed E-state index contributed by atoms with van der Waals surface area (Å²) in [6.07, 6.45) is 4.97. The van der Waals surface area contributed by atoms with Gasteiger partial charge < -0.3 is 5.32 Å². The number of aromatic nitrogens is 1. The number of benzene rings is 1. The molecule has 18 heavy (non-hydrogen) atoms. The lowest BCUT2D eigenvalue weighted by molar-refractivity contribution is 0.488. The number of hydrogen-bond donors (Lipinski definition) is 1. The van der Waals surface area contributed by atoms with Crippen molar-refractivity contribution >= 4 is 0 Å². The van der Waals surface area contributed by atoms with Gasteiger partial charge >= 0.3 is 0 Å². The lowest BCUT2D eigenvalue weighted by atomic mass is 9.77. The molecule has 3 rings (SSSR count). The van der Waals surface area contributed by atoms with Crippen molar-refractivity contribution < 1.29 is 0 Å². The number of hydrogen-bond acceptors (Lipinski definition) is 2. The number of nitrogens with one attached hydrogen (secondary N) is 1. The standard InChI is InChI=1S/C16H18N2/c1-12(14-6-4-8-17-10-14)18-11-15-9-13-5-2-3-7-16(13)15/h2-8,10,12,15,18H,9,11H2,1H3/t12-,15?/m0/s1. The van der Waals surface area contributed by atoms with Crippen molar-refractivity contribution in [2.24, 2.45) is 0 Å². The van der Waals surface area contributed by atoms with Crippen molar-refractivity contribution in [2.75, 3.05) is 6.54 Å². The van der Waals surface area contributed by atoms with Crippen LogP contribution in [0.3, 0.4) is 0 Å². The second-order valence-electron chi connectivity index (χ2n) is 5.02. The average Bonchev–Trinajstić information content (AvgIpc) is 2.40.